The number of benzene rings is 4. The van der Waals surface area contributed by atoms with Crippen molar-refractivity contribution in [1.29, 1.82) is 0 Å². The number of carbonyl (C=O) groups is 1. The fourth-order valence-corrected chi connectivity index (χ4v) is 7.32. The second-order valence-electron chi connectivity index (χ2n) is 10.5. The summed E-state index contributed by atoms with van der Waals surface area (Å²) in [5.41, 5.74) is 3.26. The van der Waals surface area contributed by atoms with Crippen LogP contribution in [0, 0.1) is 6.92 Å². The first-order chi connectivity index (χ1) is 18.1. The highest BCUT2D eigenvalue weighted by Crippen LogP contribution is 2.38. The molecule has 0 aliphatic heterocycles. The number of hydrogen-bond donors (Lipinski definition) is 0. The van der Waals surface area contributed by atoms with Crippen molar-refractivity contribution in [3.05, 3.63) is 137 Å². The summed E-state index contributed by atoms with van der Waals surface area (Å²) < 4.78 is 34.9. The first-order valence-corrected chi connectivity index (χ1v) is 17.7. The van der Waals surface area contributed by atoms with E-state index in [0.29, 0.717) is 16.7 Å². The molecule has 0 radical (unpaired) electrons. The molecule has 4 rings (SSSR count). The van der Waals surface area contributed by atoms with Crippen LogP contribution in [0.1, 0.15) is 32.6 Å². The Morgan fingerprint density at radius 1 is 0.711 bits per heavy atom. The Morgan fingerprint density at radius 3 is 1.82 bits per heavy atom. The van der Waals surface area contributed by atoms with Crippen molar-refractivity contribution < 1.29 is 17.9 Å². The highest BCUT2D eigenvalue weighted by Gasteiger charge is 2.32. The van der Waals surface area contributed by atoms with Crippen LogP contribution in [-0.2, 0) is 20.6 Å². The zero-order valence-electron chi connectivity index (χ0n) is 22.1. The molecule has 0 bridgehead atoms. The standard InChI is InChI=1S/C32H32O4SSi/c1-24-19-21-28(22-20-24)37(34,35)31(29-18-12-11-17-27(29)23-38(2,3)4)30(25-13-7-5-8-14-25)36-32(33)26-15-9-6-10-16-26/h5-22H,23H2,1-4H3/b31-30+. The molecular weight excluding hydrogens is 509 g/mol. The second-order valence-corrected chi connectivity index (χ2v) is 17.9. The summed E-state index contributed by atoms with van der Waals surface area (Å²) in [7, 11) is -5.75. The van der Waals surface area contributed by atoms with Crippen LogP contribution < -0.4 is 0 Å². The van der Waals surface area contributed by atoms with E-state index in [1.807, 2.05) is 43.3 Å². The molecule has 0 atom stereocenters. The van der Waals surface area contributed by atoms with Gasteiger partial charge in [-0.25, -0.2) is 13.2 Å². The molecule has 6 heteroatoms. The van der Waals surface area contributed by atoms with Gasteiger partial charge in [0.1, 0.15) is 4.91 Å². The molecule has 0 spiro atoms. The summed E-state index contributed by atoms with van der Waals surface area (Å²) in [5, 5.41) is 0. The molecule has 194 valence electrons. The molecule has 4 nitrogen and oxygen atoms in total. The lowest BCUT2D eigenvalue weighted by molar-refractivity contribution is 0.0693. The number of hydrogen-bond acceptors (Lipinski definition) is 4. The van der Waals surface area contributed by atoms with Crippen molar-refractivity contribution >= 4 is 34.5 Å². The summed E-state index contributed by atoms with van der Waals surface area (Å²) in [4.78, 5) is 13.5. The van der Waals surface area contributed by atoms with Gasteiger partial charge in [-0.05, 0) is 42.8 Å². The monoisotopic (exact) mass is 540 g/mol. The number of ether oxygens (including phenoxy) is 1. The van der Waals surface area contributed by atoms with Crippen LogP contribution in [-0.4, -0.2) is 22.5 Å². The summed E-state index contributed by atoms with van der Waals surface area (Å²) in [6.07, 6.45) is 0. The van der Waals surface area contributed by atoms with Crippen molar-refractivity contribution in [2.24, 2.45) is 0 Å². The summed E-state index contributed by atoms with van der Waals surface area (Å²) >= 11 is 0. The van der Waals surface area contributed by atoms with Gasteiger partial charge in [-0.3, -0.25) is 0 Å². The Morgan fingerprint density at radius 2 is 1.24 bits per heavy atom. The lowest BCUT2D eigenvalue weighted by atomic mass is 10.1. The van der Waals surface area contributed by atoms with Gasteiger partial charge in [0.15, 0.2) is 5.76 Å². The zero-order chi connectivity index (χ0) is 27.3. The van der Waals surface area contributed by atoms with Gasteiger partial charge < -0.3 is 4.74 Å². The molecular formula is C32H32O4SSi. The Balaban J connectivity index is 2.06. The van der Waals surface area contributed by atoms with Crippen LogP contribution in [0.4, 0.5) is 0 Å². The fourth-order valence-electron chi connectivity index (χ4n) is 4.24. The average molecular weight is 541 g/mol. The highest BCUT2D eigenvalue weighted by atomic mass is 32.2. The third-order valence-corrected chi connectivity index (χ3v) is 9.31. The van der Waals surface area contributed by atoms with E-state index in [9.17, 15) is 13.2 Å². The molecule has 4 aromatic rings. The lowest BCUT2D eigenvalue weighted by Crippen LogP contribution is -2.25. The van der Waals surface area contributed by atoms with E-state index in [0.717, 1.165) is 17.2 Å². The fraction of sp³-hybridized carbons (Fsp3) is 0.156. The van der Waals surface area contributed by atoms with Gasteiger partial charge >= 0.3 is 5.97 Å². The Labute approximate surface area is 226 Å². The van der Waals surface area contributed by atoms with E-state index < -0.39 is 23.9 Å². The summed E-state index contributed by atoms with van der Waals surface area (Å²) in [6.45, 7) is 8.65. The van der Waals surface area contributed by atoms with Crippen LogP contribution in [0.25, 0.3) is 10.7 Å². The first kappa shape index (κ1) is 27.3. The molecule has 38 heavy (non-hydrogen) atoms. The van der Waals surface area contributed by atoms with E-state index in [2.05, 4.69) is 19.6 Å². The quantitative estimate of drug-likeness (QED) is 0.100. The highest BCUT2D eigenvalue weighted by molar-refractivity contribution is 8.01. The van der Waals surface area contributed by atoms with E-state index in [1.165, 1.54) is 0 Å². The molecule has 0 aliphatic rings. The van der Waals surface area contributed by atoms with Gasteiger partial charge in [0.2, 0.25) is 9.84 Å². The van der Waals surface area contributed by atoms with E-state index >= 15 is 0 Å². The van der Waals surface area contributed by atoms with Gasteiger partial charge in [-0.2, -0.15) is 0 Å². The molecule has 0 fully saturated rings. The van der Waals surface area contributed by atoms with Crippen LogP contribution >= 0.6 is 0 Å². The van der Waals surface area contributed by atoms with Crippen molar-refractivity contribution in [3.8, 4) is 0 Å². The number of carbonyl (C=O) groups excluding carboxylic acids is 1. The van der Waals surface area contributed by atoms with Gasteiger partial charge in [-0.1, -0.05) is 110 Å². The Hall–Kier alpha value is -3.74. The summed E-state index contributed by atoms with van der Waals surface area (Å²) in [6, 6.07) is 32.6. The first-order valence-electron chi connectivity index (χ1n) is 12.5. The molecule has 0 saturated heterocycles. The van der Waals surface area contributed by atoms with Crippen molar-refractivity contribution in [2.45, 2.75) is 37.5 Å². The molecule has 0 aromatic heterocycles. The van der Waals surface area contributed by atoms with Crippen molar-refractivity contribution in [1.82, 2.24) is 0 Å². The molecule has 0 amide bonds. The third kappa shape index (κ3) is 6.38. The van der Waals surface area contributed by atoms with E-state index in [1.54, 1.807) is 72.8 Å². The number of sulfone groups is 1. The van der Waals surface area contributed by atoms with Gasteiger partial charge in [-0.15, -0.1) is 0 Å². The topological polar surface area (TPSA) is 60.4 Å². The molecule has 0 unspecified atom stereocenters. The SMILES string of the molecule is Cc1ccc(S(=O)(=O)/C(=C(/OC(=O)c2ccccc2)c2ccccc2)c2ccccc2C[Si](C)(C)C)cc1. The molecule has 0 saturated carbocycles. The minimum Gasteiger partial charge on any atom is -0.421 e. The van der Waals surface area contributed by atoms with E-state index in [-0.39, 0.29) is 15.6 Å². The normalized spacial score (nSPS) is 12.5. The van der Waals surface area contributed by atoms with Crippen molar-refractivity contribution in [2.75, 3.05) is 0 Å². The molecule has 0 heterocycles. The predicted octanol–water partition coefficient (Wildman–Crippen LogP) is 7.57. The molecule has 0 aliphatic carbocycles. The number of rotatable bonds is 8. The van der Waals surface area contributed by atoms with Crippen LogP contribution in [0.5, 0.6) is 0 Å². The predicted molar refractivity (Wildman–Crippen MR) is 157 cm³/mol. The maximum Gasteiger partial charge on any atom is 0.343 e. The van der Waals surface area contributed by atoms with Crippen LogP contribution in [0.3, 0.4) is 0 Å². The molecule has 4 aromatic carbocycles. The minimum atomic E-state index is -4.11. The maximum atomic E-state index is 14.5. The largest absolute Gasteiger partial charge is 0.421 e. The smallest absolute Gasteiger partial charge is 0.343 e. The van der Waals surface area contributed by atoms with Gasteiger partial charge in [0.05, 0.1) is 10.5 Å². The Kier molecular flexibility index (Phi) is 8.14. The van der Waals surface area contributed by atoms with Crippen LogP contribution in [0.15, 0.2) is 114 Å². The molecule has 0 N–H and O–H groups in total. The van der Waals surface area contributed by atoms with E-state index in [4.69, 9.17) is 4.74 Å². The van der Waals surface area contributed by atoms with Crippen molar-refractivity contribution in [3.63, 3.8) is 0 Å². The minimum absolute atomic E-state index is 0.00863. The van der Waals surface area contributed by atoms with Crippen LogP contribution in [0.2, 0.25) is 19.6 Å². The number of aryl methyl sites for hydroxylation is 1. The average Bonchev–Trinajstić information content (AvgIpc) is 2.89. The third-order valence-electron chi connectivity index (χ3n) is 6.03. The second kappa shape index (κ2) is 11.3. The lowest BCUT2D eigenvalue weighted by Gasteiger charge is -2.22. The maximum absolute atomic E-state index is 14.5. The summed E-state index contributed by atoms with van der Waals surface area (Å²) in [5.74, 6) is -0.605. The van der Waals surface area contributed by atoms with Gasteiger partial charge in [0, 0.05) is 19.2 Å². The zero-order valence-corrected chi connectivity index (χ0v) is 24.0. The number of esters is 1. The van der Waals surface area contributed by atoms with Gasteiger partial charge in [0.25, 0.3) is 0 Å². The Bertz CT molecular complexity index is 1550.